The lowest BCUT2D eigenvalue weighted by Crippen LogP contribution is -2.53. The van der Waals surface area contributed by atoms with E-state index in [-0.39, 0.29) is 18.5 Å². The minimum absolute atomic E-state index is 0.211. The van der Waals surface area contributed by atoms with Crippen molar-refractivity contribution in [1.82, 2.24) is 4.90 Å². The molecule has 5 fully saturated rings. The summed E-state index contributed by atoms with van der Waals surface area (Å²) in [5.74, 6) is 0.178. The van der Waals surface area contributed by atoms with Crippen molar-refractivity contribution in [3.05, 3.63) is 0 Å². The van der Waals surface area contributed by atoms with Crippen molar-refractivity contribution >= 4 is 29.7 Å². The Balaban J connectivity index is 1.34. The fraction of sp³-hybridized carbons (Fsp3) is 0.870. The summed E-state index contributed by atoms with van der Waals surface area (Å²) >= 11 is 1.88. The predicted octanol–water partition coefficient (Wildman–Crippen LogP) is 1.93. The Kier molecular flexibility index (Phi) is 6.18. The summed E-state index contributed by atoms with van der Waals surface area (Å²) in [5, 5.41) is 0. The van der Waals surface area contributed by atoms with E-state index in [1.807, 2.05) is 18.7 Å². The van der Waals surface area contributed by atoms with Gasteiger partial charge in [-0.05, 0) is 38.5 Å². The number of carbonyl (C=O) groups is 3. The van der Waals surface area contributed by atoms with Gasteiger partial charge in [0.05, 0.1) is 25.4 Å². The zero-order chi connectivity index (χ0) is 22.3. The number of fused-ring (bicyclic) bond motifs is 3. The topological polar surface area (TPSA) is 91.4 Å². The van der Waals surface area contributed by atoms with E-state index in [0.29, 0.717) is 19.4 Å². The summed E-state index contributed by atoms with van der Waals surface area (Å²) in [5.41, 5.74) is -1.28. The van der Waals surface area contributed by atoms with E-state index in [2.05, 4.69) is 4.90 Å². The lowest BCUT2D eigenvalue weighted by Gasteiger charge is -2.37. The van der Waals surface area contributed by atoms with Gasteiger partial charge in [-0.1, -0.05) is 6.92 Å². The molecule has 0 N–H and O–H groups in total. The smallest absolute Gasteiger partial charge is 0.320 e. The van der Waals surface area contributed by atoms with Crippen LogP contribution in [0.15, 0.2) is 0 Å². The zero-order valence-corrected chi connectivity index (χ0v) is 19.5. The van der Waals surface area contributed by atoms with E-state index < -0.39 is 41.2 Å². The third-order valence-corrected chi connectivity index (χ3v) is 9.08. The molecule has 0 radical (unpaired) electrons. The molecule has 4 aliphatic heterocycles. The average molecular weight is 468 g/mol. The standard InChI is InChI=1S/C23H33NO7S/c1-2-22(5-3-4-6-22)31-20(26)17-18(30-16(25)14-24-8-11-32-12-9-24)15-13-23(19(17)29-15)7-10-28-21(23)27/h15,17-19H,2-14H2,1H3. The van der Waals surface area contributed by atoms with Crippen molar-refractivity contribution in [3.8, 4) is 0 Å². The molecule has 0 aromatic carbocycles. The molecule has 5 aliphatic rings. The maximum atomic E-state index is 13.5. The highest BCUT2D eigenvalue weighted by Crippen LogP contribution is 2.56. The molecule has 1 saturated carbocycles. The van der Waals surface area contributed by atoms with Gasteiger partial charge in [-0.25, -0.2) is 0 Å². The minimum Gasteiger partial charge on any atom is -0.465 e. The summed E-state index contributed by atoms with van der Waals surface area (Å²) in [4.78, 5) is 41.0. The molecule has 9 heteroatoms. The van der Waals surface area contributed by atoms with Gasteiger partial charge in [0.1, 0.15) is 23.0 Å². The van der Waals surface area contributed by atoms with Crippen molar-refractivity contribution in [1.29, 1.82) is 0 Å². The molecule has 5 atom stereocenters. The van der Waals surface area contributed by atoms with Crippen molar-refractivity contribution in [3.63, 3.8) is 0 Å². The Labute approximate surface area is 193 Å². The first-order chi connectivity index (χ1) is 15.5. The molecule has 0 amide bonds. The third kappa shape index (κ3) is 3.84. The van der Waals surface area contributed by atoms with E-state index in [1.165, 1.54) is 0 Å². The summed E-state index contributed by atoms with van der Waals surface area (Å²) in [6.45, 7) is 4.30. The van der Waals surface area contributed by atoms with Crippen LogP contribution < -0.4 is 0 Å². The molecular weight excluding hydrogens is 434 g/mol. The molecule has 1 spiro atoms. The van der Waals surface area contributed by atoms with Crippen molar-refractivity contribution in [2.24, 2.45) is 11.3 Å². The highest BCUT2D eigenvalue weighted by Gasteiger charge is 2.70. The second-order valence-corrected chi connectivity index (χ2v) is 11.1. The number of thioether (sulfide) groups is 1. The highest BCUT2D eigenvalue weighted by molar-refractivity contribution is 7.99. The Morgan fingerprint density at radius 1 is 1.19 bits per heavy atom. The normalized spacial score (nSPS) is 38.2. The second-order valence-electron chi connectivity index (χ2n) is 9.87. The minimum atomic E-state index is -0.823. The van der Waals surface area contributed by atoms with E-state index in [4.69, 9.17) is 18.9 Å². The van der Waals surface area contributed by atoms with Crippen LogP contribution in [0.25, 0.3) is 0 Å². The molecule has 5 unspecified atom stereocenters. The van der Waals surface area contributed by atoms with Crippen LogP contribution in [-0.4, -0.2) is 84.5 Å². The number of ether oxygens (including phenoxy) is 4. The lowest BCUT2D eigenvalue weighted by atomic mass is 9.67. The monoisotopic (exact) mass is 467 g/mol. The molecule has 5 rings (SSSR count). The van der Waals surface area contributed by atoms with Crippen LogP contribution in [0.2, 0.25) is 0 Å². The summed E-state index contributed by atoms with van der Waals surface area (Å²) in [7, 11) is 0. The molecule has 0 aromatic rings. The molecule has 2 bridgehead atoms. The molecule has 4 heterocycles. The average Bonchev–Trinajstić information content (AvgIpc) is 3.55. The second kappa shape index (κ2) is 8.80. The van der Waals surface area contributed by atoms with Gasteiger partial charge in [0.15, 0.2) is 0 Å². The van der Waals surface area contributed by atoms with Gasteiger partial charge >= 0.3 is 17.9 Å². The first-order valence-electron chi connectivity index (χ1n) is 12.0. The van der Waals surface area contributed by atoms with Crippen LogP contribution >= 0.6 is 11.8 Å². The fourth-order valence-corrected chi connectivity index (χ4v) is 7.23. The van der Waals surface area contributed by atoms with Crippen LogP contribution in [0, 0.1) is 11.3 Å². The number of hydrogen-bond acceptors (Lipinski definition) is 9. The van der Waals surface area contributed by atoms with Crippen LogP contribution in [-0.2, 0) is 33.3 Å². The Hall–Kier alpha value is -1.32. The zero-order valence-electron chi connectivity index (χ0n) is 18.7. The number of cyclic esters (lactones) is 1. The fourth-order valence-electron chi connectivity index (χ4n) is 6.25. The molecule has 1 aliphatic carbocycles. The third-order valence-electron chi connectivity index (χ3n) is 8.14. The SMILES string of the molecule is CCC1(OC(=O)C2C(OC(=O)CN3CCSCC3)C3CC4(CCOC4=O)C2O3)CCCC1. The lowest BCUT2D eigenvalue weighted by molar-refractivity contribution is -0.177. The highest BCUT2D eigenvalue weighted by atomic mass is 32.2. The van der Waals surface area contributed by atoms with Gasteiger partial charge in [0, 0.05) is 31.0 Å². The summed E-state index contributed by atoms with van der Waals surface area (Å²) in [6, 6.07) is 0. The van der Waals surface area contributed by atoms with Crippen LogP contribution in [0.3, 0.4) is 0 Å². The van der Waals surface area contributed by atoms with E-state index in [9.17, 15) is 14.4 Å². The van der Waals surface area contributed by atoms with Gasteiger partial charge in [0.25, 0.3) is 0 Å². The maximum absolute atomic E-state index is 13.5. The number of nitrogens with zero attached hydrogens (tertiary/aromatic N) is 1. The van der Waals surface area contributed by atoms with Gasteiger partial charge < -0.3 is 18.9 Å². The molecule has 8 nitrogen and oxygen atoms in total. The predicted molar refractivity (Wildman–Crippen MR) is 116 cm³/mol. The van der Waals surface area contributed by atoms with Crippen LogP contribution in [0.5, 0.6) is 0 Å². The first kappa shape index (κ1) is 22.5. The van der Waals surface area contributed by atoms with Gasteiger partial charge in [-0.2, -0.15) is 11.8 Å². The number of carbonyl (C=O) groups excluding carboxylic acids is 3. The van der Waals surface area contributed by atoms with E-state index >= 15 is 0 Å². The Morgan fingerprint density at radius 2 is 1.94 bits per heavy atom. The first-order valence-corrected chi connectivity index (χ1v) is 13.2. The van der Waals surface area contributed by atoms with Crippen molar-refractivity contribution < 1.29 is 33.3 Å². The quantitative estimate of drug-likeness (QED) is 0.429. The van der Waals surface area contributed by atoms with E-state index in [1.54, 1.807) is 0 Å². The Morgan fingerprint density at radius 3 is 2.59 bits per heavy atom. The Bertz CT molecular complexity index is 763. The van der Waals surface area contributed by atoms with Gasteiger partial charge in [0.2, 0.25) is 0 Å². The summed E-state index contributed by atoms with van der Waals surface area (Å²) in [6.07, 6.45) is 3.63. The largest absolute Gasteiger partial charge is 0.465 e. The summed E-state index contributed by atoms with van der Waals surface area (Å²) < 4.78 is 23.4. The molecular formula is C23H33NO7S. The molecule has 178 valence electrons. The maximum Gasteiger partial charge on any atom is 0.320 e. The van der Waals surface area contributed by atoms with E-state index in [0.717, 1.165) is 56.7 Å². The molecule has 0 aromatic heterocycles. The van der Waals surface area contributed by atoms with Crippen LogP contribution in [0.1, 0.15) is 51.9 Å². The number of hydrogen-bond donors (Lipinski definition) is 0. The number of esters is 3. The van der Waals surface area contributed by atoms with Crippen molar-refractivity contribution in [2.75, 3.05) is 37.7 Å². The van der Waals surface area contributed by atoms with Gasteiger partial charge in [-0.15, -0.1) is 0 Å². The molecule has 4 saturated heterocycles. The van der Waals surface area contributed by atoms with Gasteiger partial charge in [-0.3, -0.25) is 19.3 Å². The number of rotatable bonds is 6. The van der Waals surface area contributed by atoms with Crippen LogP contribution in [0.4, 0.5) is 0 Å². The molecule has 32 heavy (non-hydrogen) atoms. The van der Waals surface area contributed by atoms with Crippen molar-refractivity contribution in [2.45, 2.75) is 75.8 Å².